The Hall–Kier alpha value is -0.400. The Balaban J connectivity index is 0.00000289. The fourth-order valence-electron chi connectivity index (χ4n) is 1.53. The predicted octanol–water partition coefficient (Wildman–Crippen LogP) is 0.525. The minimum absolute atomic E-state index is 0. The SMILES string of the molecule is COC(=O)C(Cc1ccccc1)CS(=O)(=O)O.[Na]. The third kappa shape index (κ3) is 6.51. The van der Waals surface area contributed by atoms with Gasteiger partial charge in [0.15, 0.2) is 0 Å². The average molecular weight is 281 g/mol. The minimum Gasteiger partial charge on any atom is -0.469 e. The van der Waals surface area contributed by atoms with Crippen LogP contribution in [0.2, 0.25) is 0 Å². The van der Waals surface area contributed by atoms with Crippen molar-refractivity contribution in [3.63, 3.8) is 0 Å². The second-order valence-corrected chi connectivity index (χ2v) is 5.16. The maximum Gasteiger partial charge on any atom is 0.310 e. The molecule has 0 bridgehead atoms. The molecule has 0 aliphatic heterocycles. The summed E-state index contributed by atoms with van der Waals surface area (Å²) in [5, 5.41) is 0. The van der Waals surface area contributed by atoms with Gasteiger partial charge in [-0.15, -0.1) is 0 Å². The van der Waals surface area contributed by atoms with E-state index in [1.807, 2.05) is 6.07 Å². The summed E-state index contributed by atoms with van der Waals surface area (Å²) in [4.78, 5) is 11.4. The molecule has 0 amide bonds. The molecule has 1 aromatic rings. The molecule has 1 aromatic carbocycles. The summed E-state index contributed by atoms with van der Waals surface area (Å²) in [7, 11) is -3.01. The number of methoxy groups -OCH3 is 1. The molecule has 0 aromatic heterocycles. The zero-order valence-corrected chi connectivity index (χ0v) is 13.2. The largest absolute Gasteiger partial charge is 0.469 e. The van der Waals surface area contributed by atoms with Crippen LogP contribution in [0.15, 0.2) is 30.3 Å². The van der Waals surface area contributed by atoms with E-state index in [2.05, 4.69) is 4.74 Å². The summed E-state index contributed by atoms with van der Waals surface area (Å²) >= 11 is 0. The molecule has 0 saturated carbocycles. The van der Waals surface area contributed by atoms with Gasteiger partial charge in [-0.25, -0.2) is 0 Å². The van der Waals surface area contributed by atoms with Crippen LogP contribution in [0.25, 0.3) is 0 Å². The van der Waals surface area contributed by atoms with E-state index in [-0.39, 0.29) is 36.0 Å². The van der Waals surface area contributed by atoms with Gasteiger partial charge in [0.2, 0.25) is 0 Å². The van der Waals surface area contributed by atoms with Crippen molar-refractivity contribution < 1.29 is 22.5 Å². The topological polar surface area (TPSA) is 80.7 Å². The van der Waals surface area contributed by atoms with Crippen molar-refractivity contribution in [3.05, 3.63) is 35.9 Å². The van der Waals surface area contributed by atoms with Crippen molar-refractivity contribution in [3.8, 4) is 0 Å². The van der Waals surface area contributed by atoms with Crippen LogP contribution >= 0.6 is 0 Å². The Bertz CT molecular complexity index is 471. The second-order valence-electron chi connectivity index (χ2n) is 3.66. The van der Waals surface area contributed by atoms with Crippen LogP contribution in [0.1, 0.15) is 5.56 Å². The molecular weight excluding hydrogens is 267 g/mol. The van der Waals surface area contributed by atoms with E-state index in [1.165, 1.54) is 7.11 Å². The molecular formula is C11H14NaO5S. The Morgan fingerprint density at radius 1 is 1.33 bits per heavy atom. The maximum absolute atomic E-state index is 11.4. The fraction of sp³-hybridized carbons (Fsp3) is 0.364. The van der Waals surface area contributed by atoms with E-state index in [1.54, 1.807) is 24.3 Å². The van der Waals surface area contributed by atoms with E-state index in [9.17, 15) is 13.2 Å². The molecule has 1 rings (SSSR count). The van der Waals surface area contributed by atoms with E-state index in [4.69, 9.17) is 4.55 Å². The van der Waals surface area contributed by atoms with E-state index in [0.29, 0.717) is 0 Å². The molecule has 1 radical (unpaired) electrons. The normalized spacial score (nSPS) is 12.3. The number of benzene rings is 1. The summed E-state index contributed by atoms with van der Waals surface area (Å²) in [6.45, 7) is 0. The number of rotatable bonds is 5. The first kappa shape index (κ1) is 17.6. The molecule has 0 saturated heterocycles. The second kappa shape index (κ2) is 7.91. The van der Waals surface area contributed by atoms with Gasteiger partial charge in [0.25, 0.3) is 10.1 Å². The zero-order valence-electron chi connectivity index (χ0n) is 10.4. The standard InChI is InChI=1S/C11H14O5S.Na/c1-16-11(12)10(8-17(13,14)15)7-9-5-3-2-4-6-9;/h2-6,10H,7-8H2,1H3,(H,13,14,15);. The van der Waals surface area contributed by atoms with Gasteiger partial charge in [-0.2, -0.15) is 8.42 Å². The van der Waals surface area contributed by atoms with Crippen LogP contribution < -0.4 is 0 Å². The molecule has 0 fully saturated rings. The Morgan fingerprint density at radius 2 is 1.89 bits per heavy atom. The number of hydrogen-bond donors (Lipinski definition) is 1. The number of esters is 1. The average Bonchev–Trinajstić information content (AvgIpc) is 2.27. The first-order valence-corrected chi connectivity index (χ1v) is 6.60. The summed E-state index contributed by atoms with van der Waals surface area (Å²) in [5.41, 5.74) is 0.812. The summed E-state index contributed by atoms with van der Waals surface area (Å²) in [6.07, 6.45) is 0.216. The van der Waals surface area contributed by atoms with Crippen LogP contribution in [0.3, 0.4) is 0 Å². The van der Waals surface area contributed by atoms with Crippen LogP contribution in [-0.4, -0.2) is 61.4 Å². The van der Waals surface area contributed by atoms with Gasteiger partial charge in [0, 0.05) is 29.6 Å². The van der Waals surface area contributed by atoms with Crippen LogP contribution in [0, 0.1) is 5.92 Å². The minimum atomic E-state index is -4.20. The molecule has 0 aliphatic rings. The van der Waals surface area contributed by atoms with Crippen molar-refractivity contribution in [2.24, 2.45) is 5.92 Å². The number of carbonyl (C=O) groups excluding carboxylic acids is 1. The molecule has 1 N–H and O–H groups in total. The van der Waals surface area contributed by atoms with Gasteiger partial charge >= 0.3 is 5.97 Å². The zero-order chi connectivity index (χ0) is 12.9. The molecule has 95 valence electrons. The van der Waals surface area contributed by atoms with Crippen molar-refractivity contribution in [2.75, 3.05) is 12.9 Å². The van der Waals surface area contributed by atoms with Gasteiger partial charge in [-0.1, -0.05) is 30.3 Å². The van der Waals surface area contributed by atoms with Crippen molar-refractivity contribution in [2.45, 2.75) is 6.42 Å². The van der Waals surface area contributed by atoms with Gasteiger partial charge in [0.1, 0.15) is 0 Å². The number of hydrogen-bond acceptors (Lipinski definition) is 4. The van der Waals surface area contributed by atoms with Crippen molar-refractivity contribution >= 4 is 45.6 Å². The number of ether oxygens (including phenoxy) is 1. The fourth-order valence-corrected chi connectivity index (χ4v) is 2.29. The third-order valence-electron chi connectivity index (χ3n) is 2.27. The van der Waals surface area contributed by atoms with Gasteiger partial charge < -0.3 is 4.74 Å². The van der Waals surface area contributed by atoms with Gasteiger partial charge in [-0.05, 0) is 12.0 Å². The smallest absolute Gasteiger partial charge is 0.310 e. The van der Waals surface area contributed by atoms with Crippen molar-refractivity contribution in [1.29, 1.82) is 0 Å². The summed E-state index contributed by atoms with van der Waals surface area (Å²) in [6, 6.07) is 8.95. The molecule has 1 atom stereocenters. The molecule has 1 unspecified atom stereocenters. The first-order valence-electron chi connectivity index (χ1n) is 4.99. The maximum atomic E-state index is 11.4. The van der Waals surface area contributed by atoms with Gasteiger partial charge in [-0.3, -0.25) is 9.35 Å². The summed E-state index contributed by atoms with van der Waals surface area (Å²) < 4.78 is 34.9. The monoisotopic (exact) mass is 281 g/mol. The molecule has 5 nitrogen and oxygen atoms in total. The summed E-state index contributed by atoms with van der Waals surface area (Å²) in [5.74, 6) is -2.17. The Labute approximate surface area is 129 Å². The molecule has 0 heterocycles. The van der Waals surface area contributed by atoms with Gasteiger partial charge in [0.05, 0.1) is 18.8 Å². The van der Waals surface area contributed by atoms with Crippen LogP contribution in [0.4, 0.5) is 0 Å². The van der Waals surface area contributed by atoms with E-state index >= 15 is 0 Å². The Morgan fingerprint density at radius 3 is 2.33 bits per heavy atom. The third-order valence-corrected chi connectivity index (χ3v) is 3.09. The van der Waals surface area contributed by atoms with E-state index in [0.717, 1.165) is 5.56 Å². The van der Waals surface area contributed by atoms with Crippen LogP contribution in [-0.2, 0) is 26.1 Å². The number of carbonyl (C=O) groups is 1. The predicted molar refractivity (Wildman–Crippen MR) is 67.8 cm³/mol. The molecule has 18 heavy (non-hydrogen) atoms. The molecule has 0 spiro atoms. The van der Waals surface area contributed by atoms with E-state index < -0.39 is 27.8 Å². The molecule has 7 heteroatoms. The Kier molecular flexibility index (Phi) is 7.73. The van der Waals surface area contributed by atoms with Crippen LogP contribution in [0.5, 0.6) is 0 Å². The first-order chi connectivity index (χ1) is 7.92. The quantitative estimate of drug-likeness (QED) is 0.483. The van der Waals surface area contributed by atoms with Crippen molar-refractivity contribution in [1.82, 2.24) is 0 Å². The molecule has 0 aliphatic carbocycles.